The van der Waals surface area contributed by atoms with E-state index >= 15 is 0 Å². The molecule has 0 saturated carbocycles. The molecule has 3 heterocycles. The van der Waals surface area contributed by atoms with Crippen molar-refractivity contribution in [2.24, 2.45) is 0 Å². The van der Waals surface area contributed by atoms with Crippen LogP contribution in [0.3, 0.4) is 0 Å². The van der Waals surface area contributed by atoms with Gasteiger partial charge in [-0.3, -0.25) is 4.57 Å². The van der Waals surface area contributed by atoms with Gasteiger partial charge in [-0.2, -0.15) is 0 Å². The molecule has 44 heavy (non-hydrogen) atoms. The van der Waals surface area contributed by atoms with E-state index in [1.807, 2.05) is 18.3 Å². The highest BCUT2D eigenvalue weighted by molar-refractivity contribution is 6.17. The summed E-state index contributed by atoms with van der Waals surface area (Å²) in [5, 5.41) is 4.53. The van der Waals surface area contributed by atoms with Crippen LogP contribution >= 0.6 is 0 Å². The zero-order valence-corrected chi connectivity index (χ0v) is 23.5. The van der Waals surface area contributed by atoms with E-state index in [4.69, 9.17) is 14.4 Å². The standard InChI is InChI=1S/C40H23N3O/c1-2-12-25-24(11-1)26-13-3-4-15-28(26)34-23-41-40(42-39(34)31-18-6-5-14-27(25)31)43-35-19-9-7-16-29(35)32-21-33-30-17-8-10-20-37(30)44-38(33)22-36(32)43/h1-23H. The zero-order valence-electron chi connectivity index (χ0n) is 23.5. The number of hydrogen-bond donors (Lipinski definition) is 0. The summed E-state index contributed by atoms with van der Waals surface area (Å²) >= 11 is 0. The van der Waals surface area contributed by atoms with Gasteiger partial charge in [0.05, 0.1) is 16.7 Å². The molecule has 0 amide bonds. The molecule has 0 unspecified atom stereocenters. The number of hydrogen-bond acceptors (Lipinski definition) is 3. The number of nitrogens with zero attached hydrogens (tertiary/aromatic N) is 3. The summed E-state index contributed by atoms with van der Waals surface area (Å²) in [5.74, 6) is 0.631. The summed E-state index contributed by atoms with van der Waals surface area (Å²) in [4.78, 5) is 10.5. The van der Waals surface area contributed by atoms with E-state index in [0.29, 0.717) is 5.95 Å². The van der Waals surface area contributed by atoms with Crippen LogP contribution in [0.5, 0.6) is 0 Å². The van der Waals surface area contributed by atoms with Gasteiger partial charge in [-0.25, -0.2) is 9.97 Å². The molecular weight excluding hydrogens is 538 g/mol. The van der Waals surface area contributed by atoms with Gasteiger partial charge in [0.2, 0.25) is 5.95 Å². The van der Waals surface area contributed by atoms with E-state index in [1.54, 1.807) is 0 Å². The van der Waals surface area contributed by atoms with Crippen molar-refractivity contribution in [3.63, 3.8) is 0 Å². The Morgan fingerprint density at radius 3 is 1.73 bits per heavy atom. The van der Waals surface area contributed by atoms with Gasteiger partial charge in [0.25, 0.3) is 0 Å². The van der Waals surface area contributed by atoms with Gasteiger partial charge >= 0.3 is 0 Å². The second-order valence-corrected chi connectivity index (χ2v) is 11.4. The predicted octanol–water partition coefficient (Wildman–Crippen LogP) is 10.5. The molecule has 0 saturated heterocycles. The minimum Gasteiger partial charge on any atom is -0.456 e. The van der Waals surface area contributed by atoms with Crippen molar-refractivity contribution >= 4 is 43.7 Å². The molecule has 0 atom stereocenters. The quantitative estimate of drug-likeness (QED) is 0.200. The van der Waals surface area contributed by atoms with Crippen molar-refractivity contribution in [1.29, 1.82) is 0 Å². The van der Waals surface area contributed by atoms with E-state index in [2.05, 4.69) is 126 Å². The smallest absolute Gasteiger partial charge is 0.235 e. The fourth-order valence-electron chi connectivity index (χ4n) is 7.12. The third kappa shape index (κ3) is 3.17. The van der Waals surface area contributed by atoms with Crippen molar-refractivity contribution in [3.05, 3.63) is 140 Å². The number of rotatable bonds is 1. The van der Waals surface area contributed by atoms with Gasteiger partial charge in [0.1, 0.15) is 11.2 Å². The summed E-state index contributed by atoms with van der Waals surface area (Å²) in [6.07, 6.45) is 2.00. The lowest BCUT2D eigenvalue weighted by Gasteiger charge is -2.22. The number of para-hydroxylation sites is 2. The molecule has 0 N–H and O–H groups in total. The Labute approximate surface area is 252 Å². The molecule has 4 nitrogen and oxygen atoms in total. The van der Waals surface area contributed by atoms with Crippen molar-refractivity contribution in [2.45, 2.75) is 0 Å². The second-order valence-electron chi connectivity index (χ2n) is 11.4. The van der Waals surface area contributed by atoms with Crippen LogP contribution in [0.15, 0.2) is 144 Å². The van der Waals surface area contributed by atoms with Gasteiger partial charge < -0.3 is 4.42 Å². The van der Waals surface area contributed by atoms with Gasteiger partial charge in [0, 0.05) is 44.9 Å². The van der Waals surface area contributed by atoms with Crippen molar-refractivity contribution < 1.29 is 4.42 Å². The van der Waals surface area contributed by atoms with Crippen LogP contribution in [0.25, 0.3) is 94.3 Å². The Kier molecular flexibility index (Phi) is 4.69. The Morgan fingerprint density at radius 2 is 1.00 bits per heavy atom. The van der Waals surface area contributed by atoms with Crippen LogP contribution in [0.1, 0.15) is 0 Å². The maximum atomic E-state index is 6.33. The Bertz CT molecular complexity index is 2620. The van der Waals surface area contributed by atoms with Crippen molar-refractivity contribution in [3.8, 4) is 50.6 Å². The predicted molar refractivity (Wildman–Crippen MR) is 179 cm³/mol. The molecule has 3 aromatic heterocycles. The number of aromatic nitrogens is 3. The molecule has 0 bridgehead atoms. The van der Waals surface area contributed by atoms with Gasteiger partial charge in [-0.1, -0.05) is 109 Å². The summed E-state index contributed by atoms with van der Waals surface area (Å²) in [6, 6.07) is 46.9. The largest absolute Gasteiger partial charge is 0.456 e. The van der Waals surface area contributed by atoms with Gasteiger partial charge in [-0.15, -0.1) is 0 Å². The molecule has 10 rings (SSSR count). The average molecular weight is 562 g/mol. The van der Waals surface area contributed by atoms with Crippen molar-refractivity contribution in [1.82, 2.24) is 14.5 Å². The average Bonchev–Trinajstić information content (AvgIpc) is 3.61. The fourth-order valence-corrected chi connectivity index (χ4v) is 7.12. The first-order chi connectivity index (χ1) is 21.8. The molecule has 4 heteroatoms. The lowest BCUT2D eigenvalue weighted by atomic mass is 9.83. The molecule has 204 valence electrons. The fraction of sp³-hybridized carbons (Fsp3) is 0. The second kappa shape index (κ2) is 8.76. The Hall–Kier alpha value is -6.00. The highest BCUT2D eigenvalue weighted by Crippen LogP contribution is 2.47. The van der Waals surface area contributed by atoms with E-state index in [1.165, 1.54) is 16.7 Å². The topological polar surface area (TPSA) is 43.9 Å². The lowest BCUT2D eigenvalue weighted by molar-refractivity contribution is 0.669. The summed E-state index contributed by atoms with van der Waals surface area (Å²) in [6.45, 7) is 0. The minimum atomic E-state index is 0.631. The molecule has 0 radical (unpaired) electrons. The molecule has 0 aliphatic heterocycles. The Balaban J connectivity index is 1.31. The van der Waals surface area contributed by atoms with Crippen LogP contribution in [-0.2, 0) is 0 Å². The normalized spacial score (nSPS) is 12.1. The molecule has 1 aliphatic carbocycles. The highest BCUT2D eigenvalue weighted by atomic mass is 16.3. The third-order valence-electron chi connectivity index (χ3n) is 9.05. The third-order valence-corrected chi connectivity index (χ3v) is 9.05. The number of fused-ring (bicyclic) bond motifs is 14. The molecule has 6 aromatic carbocycles. The number of benzene rings is 6. The van der Waals surface area contributed by atoms with E-state index in [9.17, 15) is 0 Å². The van der Waals surface area contributed by atoms with Crippen LogP contribution in [0.2, 0.25) is 0 Å². The summed E-state index contributed by atoms with van der Waals surface area (Å²) in [5.41, 5.74) is 12.7. The van der Waals surface area contributed by atoms with E-state index in [-0.39, 0.29) is 0 Å². The maximum Gasteiger partial charge on any atom is 0.235 e. The lowest BCUT2D eigenvalue weighted by Crippen LogP contribution is -2.05. The SMILES string of the molecule is c1ccc2c(c1)-c1ccccc1-c1cnc(-n3c4ccccc4c4cc5c(cc43)oc3ccccc35)nc1-c1ccccc1-2. The molecule has 0 fully saturated rings. The van der Waals surface area contributed by atoms with Gasteiger partial charge in [0.15, 0.2) is 0 Å². The first-order valence-corrected chi connectivity index (χ1v) is 14.8. The summed E-state index contributed by atoms with van der Waals surface area (Å²) < 4.78 is 8.51. The van der Waals surface area contributed by atoms with Crippen LogP contribution in [0.4, 0.5) is 0 Å². The molecular formula is C40H23N3O. The Morgan fingerprint density at radius 1 is 0.432 bits per heavy atom. The monoisotopic (exact) mass is 561 g/mol. The van der Waals surface area contributed by atoms with E-state index < -0.39 is 0 Å². The van der Waals surface area contributed by atoms with Crippen molar-refractivity contribution in [2.75, 3.05) is 0 Å². The van der Waals surface area contributed by atoms with Crippen LogP contribution < -0.4 is 0 Å². The number of furan rings is 1. The molecule has 0 spiro atoms. The highest BCUT2D eigenvalue weighted by Gasteiger charge is 2.24. The van der Waals surface area contributed by atoms with Gasteiger partial charge in [-0.05, 0) is 46.0 Å². The first-order valence-electron chi connectivity index (χ1n) is 14.8. The molecule has 1 aliphatic rings. The summed E-state index contributed by atoms with van der Waals surface area (Å²) in [7, 11) is 0. The first kappa shape index (κ1) is 23.6. The van der Waals surface area contributed by atoms with Crippen LogP contribution in [0, 0.1) is 0 Å². The maximum absolute atomic E-state index is 6.33. The van der Waals surface area contributed by atoms with E-state index in [0.717, 1.165) is 71.7 Å². The van der Waals surface area contributed by atoms with Crippen LogP contribution in [-0.4, -0.2) is 14.5 Å². The minimum absolute atomic E-state index is 0.631. The molecule has 9 aromatic rings. The zero-order chi connectivity index (χ0) is 28.8.